The number of aromatic carboxylic acids is 1. The predicted molar refractivity (Wildman–Crippen MR) is 79.1 cm³/mol. The molecule has 0 atom stereocenters. The summed E-state index contributed by atoms with van der Waals surface area (Å²) in [5.74, 6) is -0.668. The van der Waals surface area contributed by atoms with Gasteiger partial charge in [0.25, 0.3) is 0 Å². The summed E-state index contributed by atoms with van der Waals surface area (Å²) < 4.78 is 5.09. The van der Waals surface area contributed by atoms with Crippen molar-refractivity contribution in [1.82, 2.24) is 9.97 Å². The van der Waals surface area contributed by atoms with Gasteiger partial charge in [0.1, 0.15) is 11.4 Å². The Hall–Kier alpha value is -3.35. The number of pyridine rings is 1. The van der Waals surface area contributed by atoms with E-state index in [0.717, 1.165) is 0 Å². The maximum atomic E-state index is 11.8. The van der Waals surface area contributed by atoms with Gasteiger partial charge in [-0.05, 0) is 18.2 Å². The molecule has 2 heterocycles. The van der Waals surface area contributed by atoms with Crippen LogP contribution in [0.5, 0.6) is 5.75 Å². The molecule has 0 bridgehead atoms. The number of H-pyrrole nitrogens is 1. The van der Waals surface area contributed by atoms with Crippen molar-refractivity contribution < 1.29 is 19.4 Å². The Morgan fingerprint density at radius 2 is 2.00 bits per heavy atom. The van der Waals surface area contributed by atoms with Crippen molar-refractivity contribution in [1.29, 1.82) is 0 Å². The van der Waals surface area contributed by atoms with Crippen LogP contribution in [0.4, 0.5) is 10.5 Å². The molecule has 7 nitrogen and oxygen atoms in total. The normalized spacial score (nSPS) is 10.4. The van der Waals surface area contributed by atoms with Crippen LogP contribution in [0.25, 0.3) is 11.0 Å². The highest BCUT2D eigenvalue weighted by atomic mass is 16.6. The molecule has 0 aliphatic carbocycles. The third-order valence-corrected chi connectivity index (χ3v) is 2.96. The highest BCUT2D eigenvalue weighted by molar-refractivity contribution is 6.03. The Labute approximate surface area is 124 Å². The minimum atomic E-state index is -1.07. The van der Waals surface area contributed by atoms with Gasteiger partial charge in [-0.1, -0.05) is 18.2 Å². The number of nitrogens with one attached hydrogen (secondary N) is 2. The van der Waals surface area contributed by atoms with Crippen molar-refractivity contribution in [2.45, 2.75) is 0 Å². The number of aromatic nitrogens is 2. The standard InChI is InChI=1S/C15H11N3O4/c19-14(20)12-8-17-13-11(12)6-9(7-16-13)18-15(21)22-10-4-2-1-3-5-10/h1-8H,(H,16,17)(H,18,21)(H,19,20). The number of hydrogen-bond acceptors (Lipinski definition) is 4. The Bertz CT molecular complexity index is 842. The number of nitrogens with zero attached hydrogens (tertiary/aromatic N) is 1. The van der Waals surface area contributed by atoms with E-state index in [1.165, 1.54) is 18.5 Å². The molecule has 3 aromatic rings. The topological polar surface area (TPSA) is 104 Å². The number of amides is 1. The number of carbonyl (C=O) groups excluding carboxylic acids is 1. The summed E-state index contributed by atoms with van der Waals surface area (Å²) in [5.41, 5.74) is 0.859. The predicted octanol–water partition coefficient (Wildman–Crippen LogP) is 2.87. The van der Waals surface area contributed by atoms with Crippen molar-refractivity contribution in [3.05, 3.63) is 54.4 Å². The minimum absolute atomic E-state index is 0.0857. The Kier molecular flexibility index (Phi) is 3.45. The Balaban J connectivity index is 1.80. The molecule has 0 radical (unpaired) electrons. The maximum absolute atomic E-state index is 11.8. The van der Waals surface area contributed by atoms with Gasteiger partial charge in [0, 0.05) is 11.6 Å². The van der Waals surface area contributed by atoms with Crippen molar-refractivity contribution in [2.24, 2.45) is 0 Å². The summed E-state index contributed by atoms with van der Waals surface area (Å²) in [5, 5.41) is 12.0. The van der Waals surface area contributed by atoms with Gasteiger partial charge in [-0.15, -0.1) is 0 Å². The van der Waals surface area contributed by atoms with Crippen molar-refractivity contribution in [3.8, 4) is 5.75 Å². The maximum Gasteiger partial charge on any atom is 0.417 e. The first-order chi connectivity index (χ1) is 10.6. The quantitative estimate of drug-likeness (QED) is 0.689. The van der Waals surface area contributed by atoms with Crippen LogP contribution in [0.2, 0.25) is 0 Å². The number of anilines is 1. The van der Waals surface area contributed by atoms with Crippen LogP contribution in [-0.4, -0.2) is 27.1 Å². The molecule has 0 spiro atoms. The molecule has 1 aromatic carbocycles. The molecule has 0 fully saturated rings. The number of carbonyl (C=O) groups is 2. The van der Waals surface area contributed by atoms with E-state index >= 15 is 0 Å². The lowest BCUT2D eigenvalue weighted by Crippen LogP contribution is -2.16. The second kappa shape index (κ2) is 5.57. The lowest BCUT2D eigenvalue weighted by molar-refractivity contribution is 0.0699. The average Bonchev–Trinajstić information content (AvgIpc) is 2.91. The van der Waals surface area contributed by atoms with Crippen LogP contribution < -0.4 is 10.1 Å². The molecule has 2 aromatic heterocycles. The molecule has 1 amide bonds. The van der Waals surface area contributed by atoms with Gasteiger partial charge in [0.2, 0.25) is 0 Å². The van der Waals surface area contributed by atoms with Gasteiger partial charge in [0.15, 0.2) is 0 Å². The van der Waals surface area contributed by atoms with E-state index in [-0.39, 0.29) is 5.56 Å². The van der Waals surface area contributed by atoms with Gasteiger partial charge in [-0.3, -0.25) is 5.32 Å². The fourth-order valence-electron chi connectivity index (χ4n) is 1.99. The largest absolute Gasteiger partial charge is 0.478 e. The van der Waals surface area contributed by atoms with Crippen molar-refractivity contribution >= 4 is 28.8 Å². The zero-order valence-corrected chi connectivity index (χ0v) is 11.2. The summed E-state index contributed by atoms with van der Waals surface area (Å²) in [6, 6.07) is 10.1. The number of rotatable bonds is 3. The highest BCUT2D eigenvalue weighted by Gasteiger charge is 2.13. The van der Waals surface area contributed by atoms with E-state index in [9.17, 15) is 9.59 Å². The fourth-order valence-corrected chi connectivity index (χ4v) is 1.99. The molecule has 110 valence electrons. The summed E-state index contributed by atoms with van der Waals surface area (Å²) in [4.78, 5) is 29.7. The van der Waals surface area contributed by atoms with E-state index in [0.29, 0.717) is 22.5 Å². The lowest BCUT2D eigenvalue weighted by Gasteiger charge is -2.06. The van der Waals surface area contributed by atoms with E-state index < -0.39 is 12.1 Å². The molecule has 0 unspecified atom stereocenters. The zero-order valence-electron chi connectivity index (χ0n) is 11.2. The number of carboxylic acids is 1. The number of hydrogen-bond donors (Lipinski definition) is 3. The number of aromatic amines is 1. The van der Waals surface area contributed by atoms with E-state index in [1.807, 2.05) is 6.07 Å². The summed E-state index contributed by atoms with van der Waals surface area (Å²) in [7, 11) is 0. The van der Waals surface area contributed by atoms with Crippen LogP contribution in [0.1, 0.15) is 10.4 Å². The van der Waals surface area contributed by atoms with E-state index in [2.05, 4.69) is 15.3 Å². The van der Waals surface area contributed by atoms with Crippen molar-refractivity contribution in [3.63, 3.8) is 0 Å². The summed E-state index contributed by atoms with van der Waals surface area (Å²) in [6.07, 6.45) is 2.09. The fraction of sp³-hybridized carbons (Fsp3) is 0. The first kappa shape index (κ1) is 13.6. The molecule has 0 aliphatic rings. The molecular formula is C15H11N3O4. The van der Waals surface area contributed by atoms with Gasteiger partial charge in [-0.25, -0.2) is 14.6 Å². The monoisotopic (exact) mass is 297 g/mol. The molecule has 0 saturated carbocycles. The molecular weight excluding hydrogens is 286 g/mol. The first-order valence-electron chi connectivity index (χ1n) is 6.38. The zero-order chi connectivity index (χ0) is 15.5. The average molecular weight is 297 g/mol. The molecule has 7 heteroatoms. The van der Waals surface area contributed by atoms with Gasteiger partial charge >= 0.3 is 12.1 Å². The number of para-hydroxylation sites is 1. The lowest BCUT2D eigenvalue weighted by atomic mass is 10.2. The Morgan fingerprint density at radius 3 is 2.73 bits per heavy atom. The minimum Gasteiger partial charge on any atom is -0.478 e. The van der Waals surface area contributed by atoms with Gasteiger partial charge < -0.3 is 14.8 Å². The second-order valence-electron chi connectivity index (χ2n) is 4.46. The highest BCUT2D eigenvalue weighted by Crippen LogP contribution is 2.20. The molecule has 0 aliphatic heterocycles. The number of carboxylic acid groups (broad SMARTS) is 1. The summed E-state index contributed by atoms with van der Waals surface area (Å²) in [6.45, 7) is 0. The van der Waals surface area contributed by atoms with Gasteiger partial charge in [-0.2, -0.15) is 0 Å². The van der Waals surface area contributed by atoms with Crippen LogP contribution in [-0.2, 0) is 0 Å². The SMILES string of the molecule is O=C(Nc1cnc2[nH]cc(C(=O)O)c2c1)Oc1ccccc1. The van der Waals surface area contributed by atoms with Crippen LogP contribution in [0.3, 0.4) is 0 Å². The summed E-state index contributed by atoms with van der Waals surface area (Å²) >= 11 is 0. The van der Waals surface area contributed by atoms with E-state index in [4.69, 9.17) is 9.84 Å². The first-order valence-corrected chi connectivity index (χ1v) is 6.38. The van der Waals surface area contributed by atoms with Crippen LogP contribution in [0, 0.1) is 0 Å². The molecule has 0 saturated heterocycles. The number of benzene rings is 1. The van der Waals surface area contributed by atoms with Crippen molar-refractivity contribution in [2.75, 3.05) is 5.32 Å². The second-order valence-corrected chi connectivity index (χ2v) is 4.46. The number of fused-ring (bicyclic) bond motifs is 1. The third-order valence-electron chi connectivity index (χ3n) is 2.96. The molecule has 3 rings (SSSR count). The molecule has 3 N–H and O–H groups in total. The third kappa shape index (κ3) is 2.73. The van der Waals surface area contributed by atoms with Crippen LogP contribution >= 0.6 is 0 Å². The Morgan fingerprint density at radius 1 is 1.23 bits per heavy atom. The molecule has 22 heavy (non-hydrogen) atoms. The number of ether oxygens (including phenoxy) is 1. The van der Waals surface area contributed by atoms with E-state index in [1.54, 1.807) is 24.3 Å². The van der Waals surface area contributed by atoms with Crippen LogP contribution in [0.15, 0.2) is 48.8 Å². The van der Waals surface area contributed by atoms with Gasteiger partial charge in [0.05, 0.1) is 17.4 Å². The smallest absolute Gasteiger partial charge is 0.417 e.